The number of halogens is 2. The molecule has 0 bridgehead atoms. The SMILES string of the molecule is Cc1ccc(Cl)c(NC(=O)c2ccc(N)c(O)c2)c1Cl. The Labute approximate surface area is 126 Å². The Balaban J connectivity index is 2.32. The molecule has 2 aromatic carbocycles. The minimum absolute atomic E-state index is 0.154. The van der Waals surface area contributed by atoms with Crippen LogP contribution in [0.5, 0.6) is 5.75 Å². The molecule has 0 saturated carbocycles. The molecule has 104 valence electrons. The molecule has 2 aromatic rings. The van der Waals surface area contributed by atoms with E-state index in [0.717, 1.165) is 5.56 Å². The van der Waals surface area contributed by atoms with Gasteiger partial charge in [0.2, 0.25) is 0 Å². The Morgan fingerprint density at radius 2 is 1.95 bits per heavy atom. The van der Waals surface area contributed by atoms with Gasteiger partial charge in [0.15, 0.2) is 0 Å². The second-order valence-corrected chi connectivity index (χ2v) is 5.07. The molecule has 2 rings (SSSR count). The average molecular weight is 311 g/mol. The third-order valence-corrected chi connectivity index (χ3v) is 3.62. The highest BCUT2D eigenvalue weighted by Crippen LogP contribution is 2.33. The van der Waals surface area contributed by atoms with Gasteiger partial charge < -0.3 is 16.2 Å². The first-order valence-corrected chi connectivity index (χ1v) is 6.50. The van der Waals surface area contributed by atoms with Crippen molar-refractivity contribution in [2.45, 2.75) is 6.92 Å². The van der Waals surface area contributed by atoms with Crippen LogP contribution in [0.2, 0.25) is 10.0 Å². The second kappa shape index (κ2) is 5.61. The first-order chi connectivity index (χ1) is 9.40. The molecule has 4 N–H and O–H groups in total. The highest BCUT2D eigenvalue weighted by Gasteiger charge is 2.14. The highest BCUT2D eigenvalue weighted by atomic mass is 35.5. The summed E-state index contributed by atoms with van der Waals surface area (Å²) in [5.74, 6) is -0.589. The molecule has 0 aromatic heterocycles. The van der Waals surface area contributed by atoms with Gasteiger partial charge in [-0.15, -0.1) is 0 Å². The molecule has 0 heterocycles. The number of carbonyl (C=O) groups is 1. The fourth-order valence-corrected chi connectivity index (χ4v) is 2.11. The summed E-state index contributed by atoms with van der Waals surface area (Å²) in [6.45, 7) is 1.81. The van der Waals surface area contributed by atoms with Gasteiger partial charge in [0, 0.05) is 5.56 Å². The number of nitrogens with one attached hydrogen (secondary N) is 1. The lowest BCUT2D eigenvalue weighted by atomic mass is 10.1. The third kappa shape index (κ3) is 2.81. The van der Waals surface area contributed by atoms with Gasteiger partial charge in [-0.1, -0.05) is 29.3 Å². The van der Waals surface area contributed by atoms with Gasteiger partial charge in [-0.3, -0.25) is 4.79 Å². The van der Waals surface area contributed by atoms with Crippen LogP contribution in [0.25, 0.3) is 0 Å². The van der Waals surface area contributed by atoms with E-state index in [0.29, 0.717) is 15.7 Å². The molecule has 1 amide bonds. The molecule has 0 radical (unpaired) electrons. The second-order valence-electron chi connectivity index (χ2n) is 4.28. The average Bonchev–Trinajstić information content (AvgIpc) is 2.42. The van der Waals surface area contributed by atoms with Crippen LogP contribution in [-0.2, 0) is 0 Å². The number of phenolic OH excluding ortho intramolecular Hbond substituents is 1. The number of anilines is 2. The quantitative estimate of drug-likeness (QED) is 0.582. The van der Waals surface area contributed by atoms with E-state index in [4.69, 9.17) is 28.9 Å². The maximum absolute atomic E-state index is 12.1. The summed E-state index contributed by atoms with van der Waals surface area (Å²) in [6.07, 6.45) is 0. The topological polar surface area (TPSA) is 75.4 Å². The summed E-state index contributed by atoms with van der Waals surface area (Å²) in [7, 11) is 0. The molecule has 0 aliphatic heterocycles. The van der Waals surface area contributed by atoms with Crippen LogP contribution < -0.4 is 11.1 Å². The molecule has 0 spiro atoms. The number of benzene rings is 2. The van der Waals surface area contributed by atoms with E-state index >= 15 is 0 Å². The molecule has 0 atom stereocenters. The van der Waals surface area contributed by atoms with E-state index in [-0.39, 0.29) is 17.0 Å². The molecular weight excluding hydrogens is 299 g/mol. The summed E-state index contributed by atoms with van der Waals surface area (Å²) >= 11 is 12.1. The number of phenols is 1. The van der Waals surface area contributed by atoms with E-state index in [9.17, 15) is 9.90 Å². The van der Waals surface area contributed by atoms with Crippen LogP contribution >= 0.6 is 23.2 Å². The van der Waals surface area contributed by atoms with Crippen LogP contribution in [0.15, 0.2) is 30.3 Å². The molecule has 0 fully saturated rings. The number of nitrogens with two attached hydrogens (primary N) is 1. The number of amides is 1. The van der Waals surface area contributed by atoms with Crippen LogP contribution in [0.1, 0.15) is 15.9 Å². The number of rotatable bonds is 2. The van der Waals surface area contributed by atoms with Crippen LogP contribution in [-0.4, -0.2) is 11.0 Å². The maximum atomic E-state index is 12.1. The van der Waals surface area contributed by atoms with Crippen LogP contribution in [0, 0.1) is 6.92 Å². The number of aromatic hydroxyl groups is 1. The molecule has 6 heteroatoms. The van der Waals surface area contributed by atoms with Gasteiger partial charge in [-0.05, 0) is 36.8 Å². The number of aryl methyl sites for hydroxylation is 1. The number of hydrogen-bond acceptors (Lipinski definition) is 3. The van der Waals surface area contributed by atoms with Crippen molar-refractivity contribution in [2.75, 3.05) is 11.1 Å². The minimum Gasteiger partial charge on any atom is -0.506 e. The van der Waals surface area contributed by atoms with Gasteiger partial charge in [-0.25, -0.2) is 0 Å². The fourth-order valence-electron chi connectivity index (χ4n) is 1.64. The molecule has 0 saturated heterocycles. The molecule has 20 heavy (non-hydrogen) atoms. The van der Waals surface area contributed by atoms with Crippen LogP contribution in [0.3, 0.4) is 0 Å². The smallest absolute Gasteiger partial charge is 0.255 e. The normalized spacial score (nSPS) is 10.3. The van der Waals surface area contributed by atoms with Gasteiger partial charge in [0.1, 0.15) is 5.75 Å². The Morgan fingerprint density at radius 3 is 2.60 bits per heavy atom. The fraction of sp³-hybridized carbons (Fsp3) is 0.0714. The zero-order chi connectivity index (χ0) is 14.9. The minimum atomic E-state index is -0.435. The summed E-state index contributed by atoms with van der Waals surface area (Å²) < 4.78 is 0. The van der Waals surface area contributed by atoms with Crippen LogP contribution in [0.4, 0.5) is 11.4 Å². The molecular formula is C14H12Cl2N2O2. The first kappa shape index (κ1) is 14.5. The zero-order valence-electron chi connectivity index (χ0n) is 10.6. The Morgan fingerprint density at radius 1 is 1.25 bits per heavy atom. The Bertz CT molecular complexity index is 687. The van der Waals surface area contributed by atoms with Gasteiger partial charge >= 0.3 is 0 Å². The summed E-state index contributed by atoms with van der Waals surface area (Å²) in [4.78, 5) is 12.1. The van der Waals surface area contributed by atoms with E-state index < -0.39 is 5.91 Å². The number of nitrogen functional groups attached to an aromatic ring is 1. The standard InChI is InChI=1S/C14H12Cl2N2O2/c1-7-2-4-9(15)13(12(7)16)18-14(20)8-3-5-10(17)11(19)6-8/h2-6,19H,17H2,1H3,(H,18,20). The van der Waals surface area contributed by atoms with Crippen molar-refractivity contribution in [3.05, 3.63) is 51.5 Å². The zero-order valence-corrected chi connectivity index (χ0v) is 12.1. The van der Waals surface area contributed by atoms with Crippen molar-refractivity contribution in [1.29, 1.82) is 0 Å². The van der Waals surface area contributed by atoms with Crippen molar-refractivity contribution >= 4 is 40.5 Å². The lowest BCUT2D eigenvalue weighted by Gasteiger charge is -2.11. The Hall–Kier alpha value is -1.91. The van der Waals surface area contributed by atoms with Crippen molar-refractivity contribution in [3.8, 4) is 5.75 Å². The van der Waals surface area contributed by atoms with Crippen molar-refractivity contribution in [2.24, 2.45) is 0 Å². The van der Waals surface area contributed by atoms with Gasteiger partial charge in [0.25, 0.3) is 5.91 Å². The lowest BCUT2D eigenvalue weighted by Crippen LogP contribution is -2.13. The highest BCUT2D eigenvalue weighted by molar-refractivity contribution is 6.40. The lowest BCUT2D eigenvalue weighted by molar-refractivity contribution is 0.102. The van der Waals surface area contributed by atoms with Crippen molar-refractivity contribution in [1.82, 2.24) is 0 Å². The predicted molar refractivity (Wildman–Crippen MR) is 81.7 cm³/mol. The number of hydrogen-bond donors (Lipinski definition) is 3. The van der Waals surface area contributed by atoms with E-state index in [1.807, 2.05) is 6.92 Å². The summed E-state index contributed by atoms with van der Waals surface area (Å²) in [5, 5.41) is 12.9. The monoisotopic (exact) mass is 310 g/mol. The van der Waals surface area contributed by atoms with Crippen molar-refractivity contribution < 1.29 is 9.90 Å². The molecule has 0 aliphatic carbocycles. The molecule has 4 nitrogen and oxygen atoms in total. The third-order valence-electron chi connectivity index (χ3n) is 2.82. The van der Waals surface area contributed by atoms with E-state index in [1.54, 1.807) is 12.1 Å². The van der Waals surface area contributed by atoms with E-state index in [2.05, 4.69) is 5.32 Å². The predicted octanol–water partition coefficient (Wildman–Crippen LogP) is 3.84. The first-order valence-electron chi connectivity index (χ1n) is 5.74. The molecule has 0 unspecified atom stereocenters. The van der Waals surface area contributed by atoms with Crippen molar-refractivity contribution in [3.63, 3.8) is 0 Å². The maximum Gasteiger partial charge on any atom is 0.255 e. The van der Waals surface area contributed by atoms with Gasteiger partial charge in [0.05, 0.1) is 21.4 Å². The molecule has 0 aliphatic rings. The largest absolute Gasteiger partial charge is 0.506 e. The van der Waals surface area contributed by atoms with E-state index in [1.165, 1.54) is 18.2 Å². The summed E-state index contributed by atoms with van der Waals surface area (Å²) in [5.41, 5.74) is 7.08. The summed E-state index contributed by atoms with van der Waals surface area (Å²) in [6, 6.07) is 7.64. The Kier molecular flexibility index (Phi) is 4.06. The van der Waals surface area contributed by atoms with Gasteiger partial charge in [-0.2, -0.15) is 0 Å². The number of carbonyl (C=O) groups excluding carboxylic acids is 1.